The maximum Gasteiger partial charge on any atom is 0.429 e. The Labute approximate surface area is 186 Å². The van der Waals surface area contributed by atoms with Gasteiger partial charge in [-0.2, -0.15) is 13.2 Å². The number of alkyl halides is 3. The first-order valence-corrected chi connectivity index (χ1v) is 9.74. The maximum atomic E-state index is 13.6. The van der Waals surface area contributed by atoms with E-state index < -0.39 is 35.8 Å². The summed E-state index contributed by atoms with van der Waals surface area (Å²) in [4.78, 5) is 24.2. The van der Waals surface area contributed by atoms with Gasteiger partial charge in [0.25, 0.3) is 5.91 Å². The van der Waals surface area contributed by atoms with Gasteiger partial charge in [0.05, 0.1) is 5.57 Å². The second-order valence-corrected chi connectivity index (χ2v) is 7.48. The number of amides is 1. The number of carbonyl (C=O) groups is 2. The molecule has 0 aromatic heterocycles. The predicted octanol–water partition coefficient (Wildman–Crippen LogP) is 2.31. The predicted molar refractivity (Wildman–Crippen MR) is 110 cm³/mol. The Bertz CT molecular complexity index is 965. The summed E-state index contributed by atoms with van der Waals surface area (Å²) in [6.45, 7) is 3.29. The van der Waals surface area contributed by atoms with E-state index in [4.69, 9.17) is 27.3 Å². The van der Waals surface area contributed by atoms with Crippen LogP contribution in [0.5, 0.6) is 5.75 Å². The number of nitrogens with two attached hydrogens (primary N) is 1. The van der Waals surface area contributed by atoms with E-state index in [2.05, 4.69) is 15.8 Å². The molecule has 2 atom stereocenters. The zero-order valence-electron chi connectivity index (χ0n) is 17.1. The number of benzene rings is 1. The molecule has 0 saturated heterocycles. The second-order valence-electron chi connectivity index (χ2n) is 7.10. The lowest BCUT2D eigenvalue weighted by Crippen LogP contribution is -2.48. The Balaban J connectivity index is 2.29. The molecule has 6 N–H and O–H groups in total. The molecule has 1 aliphatic rings. The summed E-state index contributed by atoms with van der Waals surface area (Å²) in [5, 5.41) is 25.4. The van der Waals surface area contributed by atoms with E-state index in [1.54, 1.807) is 13.8 Å². The Morgan fingerprint density at radius 3 is 2.59 bits per heavy atom. The SMILES string of the molecule is Cc1cc2c(c(C)c1Cl)C=C(C(=O)NC(CCCN/C(N)=N\O)C(=O)O)[C@@H](C(F)(F)F)O2. The summed E-state index contributed by atoms with van der Waals surface area (Å²) < 4.78 is 46.0. The van der Waals surface area contributed by atoms with Crippen LogP contribution in [-0.2, 0) is 9.59 Å². The molecular formula is C19H22ClF3N4O5. The van der Waals surface area contributed by atoms with Crippen molar-refractivity contribution in [2.24, 2.45) is 10.9 Å². The molecule has 1 heterocycles. The third-order valence-electron chi connectivity index (χ3n) is 4.77. The van der Waals surface area contributed by atoms with Gasteiger partial charge in [-0.05, 0) is 50.0 Å². The highest BCUT2D eigenvalue weighted by molar-refractivity contribution is 6.32. The number of carboxylic acids is 1. The van der Waals surface area contributed by atoms with E-state index >= 15 is 0 Å². The minimum absolute atomic E-state index is 0.0766. The molecule has 1 aromatic carbocycles. The molecule has 1 aliphatic heterocycles. The van der Waals surface area contributed by atoms with E-state index in [1.807, 2.05) is 0 Å². The van der Waals surface area contributed by atoms with Crippen molar-refractivity contribution in [2.75, 3.05) is 6.54 Å². The minimum Gasteiger partial charge on any atom is -0.480 e. The van der Waals surface area contributed by atoms with E-state index in [-0.39, 0.29) is 36.7 Å². The summed E-state index contributed by atoms with van der Waals surface area (Å²) >= 11 is 6.17. The van der Waals surface area contributed by atoms with Crippen LogP contribution < -0.4 is 21.1 Å². The van der Waals surface area contributed by atoms with E-state index in [1.165, 1.54) is 6.07 Å². The monoisotopic (exact) mass is 478 g/mol. The maximum absolute atomic E-state index is 13.6. The molecule has 0 fully saturated rings. The van der Waals surface area contributed by atoms with Crippen LogP contribution in [0.3, 0.4) is 0 Å². The Morgan fingerprint density at radius 1 is 1.38 bits per heavy atom. The van der Waals surface area contributed by atoms with Crippen LogP contribution in [0.15, 0.2) is 16.8 Å². The van der Waals surface area contributed by atoms with E-state index in [9.17, 15) is 27.9 Å². The van der Waals surface area contributed by atoms with Crippen molar-refractivity contribution in [1.82, 2.24) is 10.6 Å². The van der Waals surface area contributed by atoms with Gasteiger partial charge in [0.15, 0.2) is 0 Å². The van der Waals surface area contributed by atoms with Gasteiger partial charge in [-0.25, -0.2) is 4.79 Å². The van der Waals surface area contributed by atoms with Crippen molar-refractivity contribution < 1.29 is 37.8 Å². The number of guanidine groups is 1. The summed E-state index contributed by atoms with van der Waals surface area (Å²) in [5.41, 5.74) is 5.58. The Kier molecular flexibility index (Phi) is 7.83. The molecule has 0 radical (unpaired) electrons. The highest BCUT2D eigenvalue weighted by Gasteiger charge is 2.49. The van der Waals surface area contributed by atoms with Crippen LogP contribution in [-0.4, -0.2) is 53.0 Å². The Hall–Kier alpha value is -3.15. The minimum atomic E-state index is -4.92. The van der Waals surface area contributed by atoms with Gasteiger partial charge >= 0.3 is 12.1 Å². The molecule has 1 aromatic rings. The largest absolute Gasteiger partial charge is 0.480 e. The van der Waals surface area contributed by atoms with Crippen LogP contribution in [0.25, 0.3) is 6.08 Å². The lowest BCUT2D eigenvalue weighted by atomic mass is 9.95. The van der Waals surface area contributed by atoms with Crippen molar-refractivity contribution in [1.29, 1.82) is 0 Å². The molecule has 1 unspecified atom stereocenters. The Morgan fingerprint density at radius 2 is 2.03 bits per heavy atom. The average molecular weight is 479 g/mol. The number of nitrogens with one attached hydrogen (secondary N) is 2. The number of carboxylic acid groups (broad SMARTS) is 1. The molecule has 32 heavy (non-hydrogen) atoms. The van der Waals surface area contributed by atoms with Gasteiger partial charge in [-0.15, -0.1) is 0 Å². The second kappa shape index (κ2) is 9.98. The molecule has 0 bridgehead atoms. The number of halogens is 4. The fourth-order valence-electron chi connectivity index (χ4n) is 3.12. The molecule has 0 spiro atoms. The van der Waals surface area contributed by atoms with Gasteiger partial charge in [-0.3, -0.25) is 4.79 Å². The number of hydrogen-bond acceptors (Lipinski definition) is 5. The summed E-state index contributed by atoms with van der Waals surface area (Å²) in [6, 6.07) is -0.126. The molecule has 0 saturated carbocycles. The first-order valence-electron chi connectivity index (χ1n) is 9.36. The van der Waals surface area contributed by atoms with Crippen molar-refractivity contribution in [3.63, 3.8) is 0 Å². The quantitative estimate of drug-likeness (QED) is 0.133. The summed E-state index contributed by atoms with van der Waals surface area (Å²) in [6.07, 6.45) is -6.45. The molecule has 9 nitrogen and oxygen atoms in total. The summed E-state index contributed by atoms with van der Waals surface area (Å²) in [7, 11) is 0. The van der Waals surface area contributed by atoms with Crippen LogP contribution in [0.1, 0.15) is 29.5 Å². The van der Waals surface area contributed by atoms with Crippen LogP contribution in [0.2, 0.25) is 5.02 Å². The summed E-state index contributed by atoms with van der Waals surface area (Å²) in [5.74, 6) is -3.03. The number of ether oxygens (including phenoxy) is 1. The highest BCUT2D eigenvalue weighted by Crippen LogP contribution is 2.41. The highest BCUT2D eigenvalue weighted by atomic mass is 35.5. The van der Waals surface area contributed by atoms with Gasteiger partial charge < -0.3 is 31.4 Å². The number of nitrogens with zero attached hydrogens (tertiary/aromatic N) is 1. The first kappa shape index (κ1) is 25.1. The fourth-order valence-corrected chi connectivity index (χ4v) is 3.28. The standard InChI is InChI=1S/C19H22ClF3N4O5/c1-8-6-13-10(9(2)14(8)20)7-11(15(32-13)19(21,22)23)16(28)26-12(17(29)30)4-3-5-25-18(24)27-31/h6-7,12,15,31H,3-5H2,1-2H3,(H,26,28)(H,29,30)(H3,24,25,27)/t12?,15-/m0/s1. The van der Waals surface area contributed by atoms with E-state index in [0.29, 0.717) is 16.1 Å². The number of hydrogen-bond donors (Lipinski definition) is 5. The zero-order valence-corrected chi connectivity index (χ0v) is 17.8. The molecule has 176 valence electrons. The smallest absolute Gasteiger partial charge is 0.429 e. The lowest BCUT2D eigenvalue weighted by Gasteiger charge is -2.30. The molecular weight excluding hydrogens is 457 g/mol. The third-order valence-corrected chi connectivity index (χ3v) is 5.35. The van der Waals surface area contributed by atoms with Crippen molar-refractivity contribution in [3.8, 4) is 5.75 Å². The fraction of sp³-hybridized carbons (Fsp3) is 0.421. The normalized spacial score (nSPS) is 17.0. The number of oxime groups is 1. The van der Waals surface area contributed by atoms with Gasteiger partial charge in [0, 0.05) is 17.1 Å². The number of aryl methyl sites for hydroxylation is 1. The van der Waals surface area contributed by atoms with Crippen molar-refractivity contribution >= 4 is 35.5 Å². The first-order chi connectivity index (χ1) is 14.9. The van der Waals surface area contributed by atoms with Gasteiger partial charge in [0.1, 0.15) is 11.8 Å². The van der Waals surface area contributed by atoms with Crippen LogP contribution >= 0.6 is 11.6 Å². The lowest BCUT2D eigenvalue weighted by molar-refractivity contribution is -0.185. The number of aliphatic carboxylic acids is 1. The van der Waals surface area contributed by atoms with Crippen molar-refractivity contribution in [2.45, 2.75) is 45.0 Å². The van der Waals surface area contributed by atoms with Crippen molar-refractivity contribution in [3.05, 3.63) is 33.4 Å². The molecule has 0 aliphatic carbocycles. The molecule has 13 heteroatoms. The topological polar surface area (TPSA) is 146 Å². The van der Waals surface area contributed by atoms with Gasteiger partial charge in [0.2, 0.25) is 12.1 Å². The number of rotatable bonds is 7. The molecule has 1 amide bonds. The van der Waals surface area contributed by atoms with Gasteiger partial charge in [-0.1, -0.05) is 16.8 Å². The number of fused-ring (bicyclic) bond motifs is 1. The number of carbonyl (C=O) groups excluding carboxylic acids is 1. The average Bonchev–Trinajstić information content (AvgIpc) is 2.72. The van der Waals surface area contributed by atoms with Crippen LogP contribution in [0, 0.1) is 13.8 Å². The third kappa shape index (κ3) is 5.75. The zero-order chi connectivity index (χ0) is 24.2. The van der Waals surface area contributed by atoms with E-state index in [0.717, 1.165) is 6.08 Å². The molecule has 2 rings (SSSR count). The van der Waals surface area contributed by atoms with Crippen LogP contribution in [0.4, 0.5) is 13.2 Å².